The highest BCUT2D eigenvalue weighted by Gasteiger charge is 2.11. The predicted molar refractivity (Wildman–Crippen MR) is 116 cm³/mol. The minimum absolute atomic E-state index is 0.291. The number of benzene rings is 3. The largest absolute Gasteiger partial charge is 0.494 e. The zero-order valence-corrected chi connectivity index (χ0v) is 17.2. The number of hydrogen-bond donors (Lipinski definition) is 2. The summed E-state index contributed by atoms with van der Waals surface area (Å²) in [5.74, 6) is -0.639. The third kappa shape index (κ3) is 5.48. The van der Waals surface area contributed by atoms with Gasteiger partial charge in [0.2, 0.25) is 0 Å². The van der Waals surface area contributed by atoms with Crippen molar-refractivity contribution in [3.63, 3.8) is 0 Å². The lowest BCUT2D eigenvalue weighted by Gasteiger charge is -2.09. The lowest BCUT2D eigenvalue weighted by molar-refractivity contribution is 0.0600. The van der Waals surface area contributed by atoms with Crippen LogP contribution < -0.4 is 15.6 Å². The first-order chi connectivity index (χ1) is 15.0. The van der Waals surface area contributed by atoms with Gasteiger partial charge in [-0.05, 0) is 66.6 Å². The van der Waals surface area contributed by atoms with Crippen LogP contribution in [0.4, 0.5) is 0 Å². The van der Waals surface area contributed by atoms with Crippen LogP contribution in [0.25, 0.3) is 11.1 Å². The molecular weight excluding hydrogens is 396 g/mol. The average Bonchev–Trinajstić information content (AvgIpc) is 2.82. The number of amides is 2. The summed E-state index contributed by atoms with van der Waals surface area (Å²) in [5.41, 5.74) is 7.71. The van der Waals surface area contributed by atoms with Gasteiger partial charge in [0.05, 0.1) is 19.3 Å². The Balaban J connectivity index is 1.58. The van der Waals surface area contributed by atoms with Crippen LogP contribution in [0.5, 0.6) is 5.75 Å². The summed E-state index contributed by atoms with van der Waals surface area (Å²) < 4.78 is 10.1. The van der Waals surface area contributed by atoms with Crippen molar-refractivity contribution in [2.24, 2.45) is 0 Å². The van der Waals surface area contributed by atoms with Crippen LogP contribution >= 0.6 is 0 Å². The van der Waals surface area contributed by atoms with Gasteiger partial charge in [-0.15, -0.1) is 0 Å². The van der Waals surface area contributed by atoms with Gasteiger partial charge in [0.1, 0.15) is 5.75 Å². The highest BCUT2D eigenvalue weighted by molar-refractivity contribution is 6.00. The Bertz CT molecular complexity index is 1060. The molecule has 7 heteroatoms. The second-order valence-electron chi connectivity index (χ2n) is 6.51. The highest BCUT2D eigenvalue weighted by Crippen LogP contribution is 2.22. The van der Waals surface area contributed by atoms with Gasteiger partial charge in [0.25, 0.3) is 11.8 Å². The Labute approximate surface area is 180 Å². The van der Waals surface area contributed by atoms with Gasteiger partial charge in [-0.3, -0.25) is 20.4 Å². The summed E-state index contributed by atoms with van der Waals surface area (Å²) >= 11 is 0. The molecule has 0 saturated heterocycles. The van der Waals surface area contributed by atoms with Crippen molar-refractivity contribution in [2.75, 3.05) is 13.7 Å². The summed E-state index contributed by atoms with van der Waals surface area (Å²) in [4.78, 5) is 36.0. The fraction of sp³-hybridized carbons (Fsp3) is 0.125. The summed E-state index contributed by atoms with van der Waals surface area (Å²) in [6.45, 7) is 2.54. The van der Waals surface area contributed by atoms with E-state index in [4.69, 9.17) is 4.74 Å². The maximum absolute atomic E-state index is 12.3. The predicted octanol–water partition coefficient (Wildman–Crippen LogP) is 3.61. The molecule has 0 spiro atoms. The Morgan fingerprint density at radius 2 is 1.10 bits per heavy atom. The number of rotatable bonds is 6. The molecule has 7 nitrogen and oxygen atoms in total. The normalized spacial score (nSPS) is 10.1. The summed E-state index contributed by atoms with van der Waals surface area (Å²) in [5, 5.41) is 0. The number of hydrazine groups is 1. The van der Waals surface area contributed by atoms with Gasteiger partial charge in [0, 0.05) is 11.1 Å². The first kappa shape index (κ1) is 21.6. The smallest absolute Gasteiger partial charge is 0.337 e. The third-order valence-corrected chi connectivity index (χ3v) is 4.50. The molecule has 0 bridgehead atoms. The number of hydrogen-bond acceptors (Lipinski definition) is 5. The van der Waals surface area contributed by atoms with Gasteiger partial charge < -0.3 is 9.47 Å². The fourth-order valence-corrected chi connectivity index (χ4v) is 2.86. The van der Waals surface area contributed by atoms with E-state index in [-0.39, 0.29) is 0 Å². The van der Waals surface area contributed by atoms with E-state index in [1.54, 1.807) is 12.1 Å². The molecule has 2 amide bonds. The first-order valence-electron chi connectivity index (χ1n) is 9.64. The van der Waals surface area contributed by atoms with Crippen molar-refractivity contribution < 1.29 is 23.9 Å². The second kappa shape index (κ2) is 10.1. The Morgan fingerprint density at radius 3 is 1.55 bits per heavy atom. The molecule has 0 unspecified atom stereocenters. The first-order valence-corrected chi connectivity index (χ1v) is 9.64. The molecule has 2 N–H and O–H groups in total. The van der Waals surface area contributed by atoms with Crippen molar-refractivity contribution in [2.45, 2.75) is 6.92 Å². The molecule has 158 valence electrons. The Morgan fingerprint density at radius 1 is 0.677 bits per heavy atom. The van der Waals surface area contributed by atoms with E-state index in [1.165, 1.54) is 31.4 Å². The molecule has 0 aliphatic rings. The Hall–Kier alpha value is -4.13. The van der Waals surface area contributed by atoms with Gasteiger partial charge in [-0.25, -0.2) is 4.79 Å². The number of esters is 1. The summed E-state index contributed by atoms with van der Waals surface area (Å²) in [7, 11) is 1.28. The quantitative estimate of drug-likeness (QED) is 0.471. The number of carbonyl (C=O) groups is 3. The van der Waals surface area contributed by atoms with E-state index in [0.717, 1.165) is 16.9 Å². The topological polar surface area (TPSA) is 93.7 Å². The minimum atomic E-state index is -0.504. The molecule has 0 saturated carbocycles. The molecule has 0 aliphatic carbocycles. The van der Waals surface area contributed by atoms with Crippen molar-refractivity contribution in [1.82, 2.24) is 10.9 Å². The fourth-order valence-electron chi connectivity index (χ4n) is 2.86. The van der Waals surface area contributed by atoms with E-state index in [1.807, 2.05) is 43.3 Å². The maximum atomic E-state index is 12.3. The van der Waals surface area contributed by atoms with Crippen LogP contribution in [0.1, 0.15) is 38.0 Å². The van der Waals surface area contributed by atoms with Gasteiger partial charge in [-0.1, -0.05) is 24.3 Å². The Kier molecular flexibility index (Phi) is 7.01. The number of nitrogens with one attached hydrogen (secondary N) is 2. The van der Waals surface area contributed by atoms with Crippen molar-refractivity contribution in [3.8, 4) is 16.9 Å². The van der Waals surface area contributed by atoms with E-state index < -0.39 is 17.8 Å². The molecule has 0 aromatic heterocycles. The summed E-state index contributed by atoms with van der Waals surface area (Å²) in [6.07, 6.45) is 0. The van der Waals surface area contributed by atoms with Crippen LogP contribution in [0.2, 0.25) is 0 Å². The number of carbonyl (C=O) groups excluding carboxylic acids is 3. The standard InChI is InChI=1S/C24H22N2O5/c1-3-31-21-14-12-17(13-15-21)16-4-6-18(7-5-16)22(27)25-26-23(28)19-8-10-20(11-9-19)24(29)30-2/h4-15H,3H2,1-2H3,(H,25,27)(H,26,28). The molecule has 0 heterocycles. The molecule has 0 fully saturated rings. The SMILES string of the molecule is CCOc1ccc(-c2ccc(C(=O)NNC(=O)c3ccc(C(=O)OC)cc3)cc2)cc1. The molecule has 31 heavy (non-hydrogen) atoms. The lowest BCUT2D eigenvalue weighted by atomic mass is 10.0. The van der Waals surface area contributed by atoms with Gasteiger partial charge in [0.15, 0.2) is 0 Å². The summed E-state index contributed by atoms with van der Waals surface area (Å²) in [6, 6.07) is 20.6. The average molecular weight is 418 g/mol. The van der Waals surface area contributed by atoms with E-state index in [9.17, 15) is 14.4 Å². The van der Waals surface area contributed by atoms with Crippen LogP contribution in [-0.4, -0.2) is 31.5 Å². The monoisotopic (exact) mass is 418 g/mol. The van der Waals surface area contributed by atoms with Crippen LogP contribution in [-0.2, 0) is 4.74 Å². The zero-order chi connectivity index (χ0) is 22.2. The van der Waals surface area contributed by atoms with E-state index >= 15 is 0 Å². The molecule has 3 rings (SSSR count). The van der Waals surface area contributed by atoms with Crippen molar-refractivity contribution in [1.29, 1.82) is 0 Å². The zero-order valence-electron chi connectivity index (χ0n) is 17.2. The molecule has 3 aromatic carbocycles. The van der Waals surface area contributed by atoms with E-state index in [2.05, 4.69) is 15.6 Å². The van der Waals surface area contributed by atoms with Crippen LogP contribution in [0.3, 0.4) is 0 Å². The van der Waals surface area contributed by atoms with Gasteiger partial charge >= 0.3 is 5.97 Å². The second-order valence-corrected chi connectivity index (χ2v) is 6.51. The van der Waals surface area contributed by atoms with Crippen molar-refractivity contribution in [3.05, 3.63) is 89.5 Å². The number of ether oxygens (including phenoxy) is 2. The van der Waals surface area contributed by atoms with Crippen LogP contribution in [0, 0.1) is 0 Å². The highest BCUT2D eigenvalue weighted by atomic mass is 16.5. The molecule has 0 radical (unpaired) electrons. The molecule has 0 aliphatic heterocycles. The molecule has 0 atom stereocenters. The van der Waals surface area contributed by atoms with E-state index in [0.29, 0.717) is 23.3 Å². The minimum Gasteiger partial charge on any atom is -0.494 e. The lowest BCUT2D eigenvalue weighted by Crippen LogP contribution is -2.41. The third-order valence-electron chi connectivity index (χ3n) is 4.50. The van der Waals surface area contributed by atoms with Crippen LogP contribution in [0.15, 0.2) is 72.8 Å². The maximum Gasteiger partial charge on any atom is 0.337 e. The molecule has 3 aromatic rings. The van der Waals surface area contributed by atoms with Gasteiger partial charge in [-0.2, -0.15) is 0 Å². The molecular formula is C24H22N2O5. The van der Waals surface area contributed by atoms with Crippen molar-refractivity contribution >= 4 is 17.8 Å². The number of methoxy groups -OCH3 is 1.